The topological polar surface area (TPSA) is 96.8 Å². The monoisotopic (exact) mass is 509 g/mol. The van der Waals surface area contributed by atoms with Gasteiger partial charge in [-0.25, -0.2) is 9.97 Å². The first kappa shape index (κ1) is 23.1. The number of aromatic nitrogens is 4. The molecule has 34 heavy (non-hydrogen) atoms. The number of anilines is 2. The predicted octanol–water partition coefficient (Wildman–Crippen LogP) is 4.23. The molecule has 8 nitrogen and oxygen atoms in total. The molecule has 13 heteroatoms. The van der Waals surface area contributed by atoms with E-state index in [2.05, 4.69) is 31.0 Å². The molecule has 5 heterocycles. The van der Waals surface area contributed by atoms with E-state index in [0.717, 1.165) is 43.5 Å². The van der Waals surface area contributed by atoms with Crippen molar-refractivity contribution in [2.24, 2.45) is 0 Å². The number of alkyl halides is 3. The highest BCUT2D eigenvalue weighted by atomic mass is 32.2. The van der Waals surface area contributed by atoms with E-state index in [9.17, 15) is 18.0 Å². The summed E-state index contributed by atoms with van der Waals surface area (Å²) in [5.41, 5.74) is 0.155. The minimum absolute atomic E-state index is 0.0386. The largest absolute Gasteiger partial charge is 0.420 e. The average Bonchev–Trinajstić information content (AvgIpc) is 3.35. The van der Waals surface area contributed by atoms with Gasteiger partial charge in [0.2, 0.25) is 5.95 Å². The Kier molecular flexibility index (Phi) is 6.25. The van der Waals surface area contributed by atoms with Crippen LogP contribution in [0.1, 0.15) is 39.8 Å². The number of nitrogens with one attached hydrogen (secondary N) is 3. The lowest BCUT2D eigenvalue weighted by atomic mass is 10.1. The Balaban J connectivity index is 1.49. The number of hydrogen-bond acceptors (Lipinski definition) is 8. The number of amides is 1. The molecule has 1 fully saturated rings. The summed E-state index contributed by atoms with van der Waals surface area (Å²) >= 11 is 2.45. The lowest BCUT2D eigenvalue weighted by Crippen LogP contribution is -2.29. The molecule has 0 spiro atoms. The number of piperidine rings is 1. The van der Waals surface area contributed by atoms with E-state index < -0.39 is 11.7 Å². The van der Waals surface area contributed by atoms with Gasteiger partial charge < -0.3 is 16.0 Å². The summed E-state index contributed by atoms with van der Waals surface area (Å²) in [5, 5.41) is 13.7. The first-order valence-electron chi connectivity index (χ1n) is 10.8. The summed E-state index contributed by atoms with van der Waals surface area (Å²) in [6, 6.07) is 1.88. The molecule has 0 saturated carbocycles. The van der Waals surface area contributed by atoms with E-state index in [-0.39, 0.29) is 28.5 Å². The van der Waals surface area contributed by atoms with Crippen molar-refractivity contribution in [1.82, 2.24) is 30.4 Å². The Labute approximate surface area is 201 Å². The maximum absolute atomic E-state index is 13.8. The van der Waals surface area contributed by atoms with Crippen LogP contribution >= 0.6 is 23.1 Å². The zero-order chi connectivity index (χ0) is 23.9. The Morgan fingerprint density at radius 2 is 2.03 bits per heavy atom. The zero-order valence-electron chi connectivity index (χ0n) is 18.2. The summed E-state index contributed by atoms with van der Waals surface area (Å²) < 4.78 is 43.3. The van der Waals surface area contributed by atoms with Gasteiger partial charge in [0.15, 0.2) is 0 Å². The molecule has 3 aromatic heterocycles. The van der Waals surface area contributed by atoms with Crippen LogP contribution < -0.4 is 16.0 Å². The quantitative estimate of drug-likeness (QED) is 0.484. The number of carbonyl (C=O) groups is 1. The highest BCUT2D eigenvalue weighted by Gasteiger charge is 2.36. The van der Waals surface area contributed by atoms with Gasteiger partial charge in [0.05, 0.1) is 28.0 Å². The number of aryl methyl sites for hydroxylation is 1. The van der Waals surface area contributed by atoms with Gasteiger partial charge in [-0.3, -0.25) is 9.48 Å². The smallest absolute Gasteiger partial charge is 0.350 e. The van der Waals surface area contributed by atoms with E-state index in [4.69, 9.17) is 0 Å². The summed E-state index contributed by atoms with van der Waals surface area (Å²) in [7, 11) is 0. The van der Waals surface area contributed by atoms with Crippen LogP contribution in [0.5, 0.6) is 0 Å². The van der Waals surface area contributed by atoms with Crippen molar-refractivity contribution >= 4 is 40.6 Å². The summed E-state index contributed by atoms with van der Waals surface area (Å²) in [6.45, 7) is 4.18. The van der Waals surface area contributed by atoms with Crippen LogP contribution in [-0.4, -0.2) is 51.0 Å². The van der Waals surface area contributed by atoms with Crippen LogP contribution in [0.4, 0.5) is 24.8 Å². The van der Waals surface area contributed by atoms with E-state index in [1.54, 1.807) is 6.07 Å². The Bertz CT molecular complexity index is 1220. The van der Waals surface area contributed by atoms with Crippen molar-refractivity contribution in [2.75, 3.05) is 30.7 Å². The fourth-order valence-corrected chi connectivity index (χ4v) is 6.18. The molecule has 180 valence electrons. The van der Waals surface area contributed by atoms with Gasteiger partial charge in [0.25, 0.3) is 5.91 Å². The van der Waals surface area contributed by atoms with Crippen molar-refractivity contribution in [3.05, 3.63) is 34.6 Å². The molecule has 3 N–H and O–H groups in total. The number of nitrogens with zero attached hydrogens (tertiary/aromatic N) is 4. The van der Waals surface area contributed by atoms with E-state index >= 15 is 0 Å². The first-order chi connectivity index (χ1) is 16.3. The molecule has 0 atom stereocenters. The molecule has 0 aromatic carbocycles. The van der Waals surface area contributed by atoms with Crippen LogP contribution in [0.15, 0.2) is 23.4 Å². The molecule has 0 radical (unpaired) electrons. The maximum atomic E-state index is 13.8. The maximum Gasteiger partial charge on any atom is 0.420 e. The van der Waals surface area contributed by atoms with Gasteiger partial charge in [0, 0.05) is 29.6 Å². The number of thiophene rings is 1. The molecule has 0 unspecified atom stereocenters. The van der Waals surface area contributed by atoms with Gasteiger partial charge >= 0.3 is 6.18 Å². The lowest BCUT2D eigenvalue weighted by molar-refractivity contribution is -0.137. The van der Waals surface area contributed by atoms with Crippen molar-refractivity contribution in [3.8, 4) is 10.6 Å². The predicted molar refractivity (Wildman–Crippen MR) is 125 cm³/mol. The molecule has 2 aliphatic heterocycles. The van der Waals surface area contributed by atoms with Gasteiger partial charge in [-0.15, -0.1) is 23.1 Å². The Hall–Kier alpha value is -2.64. The first-order valence-corrected chi connectivity index (χ1v) is 12.6. The second-order valence-electron chi connectivity index (χ2n) is 8.08. The van der Waals surface area contributed by atoms with Crippen molar-refractivity contribution in [2.45, 2.75) is 36.9 Å². The number of rotatable bonds is 4. The van der Waals surface area contributed by atoms with E-state index in [1.165, 1.54) is 11.8 Å². The van der Waals surface area contributed by atoms with Gasteiger partial charge in [0.1, 0.15) is 10.4 Å². The molecule has 1 saturated heterocycles. The normalized spacial score (nSPS) is 17.2. The van der Waals surface area contributed by atoms with Crippen LogP contribution in [0.3, 0.4) is 0 Å². The van der Waals surface area contributed by atoms with Gasteiger partial charge in [-0.1, -0.05) is 0 Å². The second kappa shape index (κ2) is 9.19. The molecule has 0 bridgehead atoms. The number of hydrogen-bond donors (Lipinski definition) is 3. The molecule has 0 aliphatic carbocycles. The minimum atomic E-state index is -4.64. The molecule has 5 rings (SSSR count). The van der Waals surface area contributed by atoms with Crippen molar-refractivity contribution < 1.29 is 18.0 Å². The lowest BCUT2D eigenvalue weighted by Gasteiger charge is -2.22. The SMILES string of the molecule is Cc1nn(C2CCNCC2)cc1Nc1ncc(C(F)(F)F)c(-c2cc3c(s2)C(=O)NCCS3)n1. The fraction of sp³-hybridized carbons (Fsp3) is 0.429. The molecular formula is C21H22F3N7OS2. The summed E-state index contributed by atoms with van der Waals surface area (Å²) in [6.07, 6.45) is -0.0948. The van der Waals surface area contributed by atoms with Gasteiger partial charge in [-0.05, 0) is 38.9 Å². The zero-order valence-corrected chi connectivity index (χ0v) is 19.8. The molecule has 1 amide bonds. The van der Waals surface area contributed by atoms with E-state index in [1.807, 2.05) is 17.8 Å². The standard InChI is InChI=1S/C21H22F3N7OS2/c1-11-14(10-31(30-11)12-2-4-25-5-3-12)28-20-27-9-13(21(22,23)24)17(29-20)15-8-16-18(34-15)19(32)26-6-7-33-16/h8-10,12,25H,2-7H2,1H3,(H,26,32)(H,27,28,29). The van der Waals surface area contributed by atoms with Gasteiger partial charge in [-0.2, -0.15) is 18.3 Å². The Morgan fingerprint density at radius 1 is 1.24 bits per heavy atom. The Morgan fingerprint density at radius 3 is 2.79 bits per heavy atom. The fourth-order valence-electron chi connectivity index (χ4n) is 3.98. The van der Waals surface area contributed by atoms with Crippen LogP contribution in [-0.2, 0) is 6.18 Å². The average molecular weight is 510 g/mol. The third-order valence-corrected chi connectivity index (χ3v) is 8.03. The van der Waals surface area contributed by atoms with Crippen molar-refractivity contribution in [3.63, 3.8) is 0 Å². The number of halogens is 3. The summed E-state index contributed by atoms with van der Waals surface area (Å²) in [4.78, 5) is 21.8. The third-order valence-electron chi connectivity index (χ3n) is 5.72. The summed E-state index contributed by atoms with van der Waals surface area (Å²) in [5.74, 6) is 0.410. The number of carbonyl (C=O) groups excluding carboxylic acids is 1. The number of fused-ring (bicyclic) bond motifs is 1. The molecule has 3 aromatic rings. The molecule has 2 aliphatic rings. The third kappa shape index (κ3) is 4.64. The van der Waals surface area contributed by atoms with Crippen LogP contribution in [0.2, 0.25) is 0 Å². The molecular weight excluding hydrogens is 487 g/mol. The highest BCUT2D eigenvalue weighted by Crippen LogP contribution is 2.42. The minimum Gasteiger partial charge on any atom is -0.350 e. The number of thioether (sulfide) groups is 1. The van der Waals surface area contributed by atoms with Crippen LogP contribution in [0, 0.1) is 6.92 Å². The second-order valence-corrected chi connectivity index (χ2v) is 10.3. The van der Waals surface area contributed by atoms with Crippen molar-refractivity contribution in [1.29, 1.82) is 0 Å². The van der Waals surface area contributed by atoms with E-state index in [0.29, 0.717) is 33.5 Å². The van der Waals surface area contributed by atoms with Crippen LogP contribution in [0.25, 0.3) is 10.6 Å². The highest BCUT2D eigenvalue weighted by molar-refractivity contribution is 7.99.